The quantitative estimate of drug-likeness (QED) is 0.230. The molecule has 1 aliphatic rings. The summed E-state index contributed by atoms with van der Waals surface area (Å²) in [5.74, 6) is -4.91. The van der Waals surface area contributed by atoms with Crippen LogP contribution in [0.15, 0.2) is 12.4 Å². The van der Waals surface area contributed by atoms with Crippen molar-refractivity contribution in [1.82, 2.24) is 19.6 Å². The standard InChI is InChI=1S/C10H16N2O8.C8H16N2.Fe/c13-7(14)3-11(4-8(15)16)1-2-12(5-9(17)18)6-10(19)20;1-3-4-5-10-7-6-9(2)8-10;/h1-6H2,(H,13,14)(H,15,16)(H,17,18)(H,19,20);6-7H,3-5,8H2,1-2H3;. The maximum atomic E-state index is 10.6. The molecule has 31 heavy (non-hydrogen) atoms. The van der Waals surface area contributed by atoms with E-state index in [2.05, 4.69) is 36.2 Å². The number of aliphatic carboxylic acids is 4. The topological polar surface area (TPSA) is 162 Å². The molecule has 12 nitrogen and oxygen atoms in total. The monoisotopic (exact) mass is 488 g/mol. The number of hydrogen-bond acceptors (Lipinski definition) is 8. The number of rotatable bonds is 14. The fraction of sp³-hybridized carbons (Fsp3) is 0.667. The molecule has 0 aromatic heterocycles. The molecule has 0 fully saturated rings. The van der Waals surface area contributed by atoms with E-state index in [4.69, 9.17) is 20.4 Å². The van der Waals surface area contributed by atoms with E-state index in [1.165, 1.54) is 19.4 Å². The van der Waals surface area contributed by atoms with Crippen molar-refractivity contribution in [2.45, 2.75) is 19.8 Å². The summed E-state index contributed by atoms with van der Waals surface area (Å²) < 4.78 is 0. The Hall–Kier alpha value is -2.34. The molecule has 1 rings (SSSR count). The Morgan fingerprint density at radius 3 is 1.45 bits per heavy atom. The maximum absolute atomic E-state index is 10.6. The van der Waals surface area contributed by atoms with Gasteiger partial charge in [0.05, 0.1) is 32.8 Å². The van der Waals surface area contributed by atoms with Gasteiger partial charge in [0.25, 0.3) is 0 Å². The van der Waals surface area contributed by atoms with Crippen LogP contribution in [0.1, 0.15) is 19.8 Å². The molecule has 13 heteroatoms. The van der Waals surface area contributed by atoms with Gasteiger partial charge in [0, 0.05) is 56.2 Å². The molecule has 0 unspecified atom stereocenters. The molecule has 0 aromatic rings. The van der Waals surface area contributed by atoms with Gasteiger partial charge in [-0.25, -0.2) is 0 Å². The summed E-state index contributed by atoms with van der Waals surface area (Å²) in [6.07, 6.45) is 6.87. The Balaban J connectivity index is 0. The molecule has 0 bridgehead atoms. The van der Waals surface area contributed by atoms with Crippen molar-refractivity contribution < 1.29 is 56.7 Å². The van der Waals surface area contributed by atoms with Crippen LogP contribution >= 0.6 is 0 Å². The van der Waals surface area contributed by atoms with Crippen LogP contribution in [-0.4, -0.2) is 123 Å². The number of carboxylic acid groups (broad SMARTS) is 4. The molecule has 0 amide bonds. The van der Waals surface area contributed by atoms with Crippen LogP contribution < -0.4 is 0 Å². The number of nitrogens with zero attached hydrogens (tertiary/aromatic N) is 4. The van der Waals surface area contributed by atoms with Crippen molar-refractivity contribution in [2.75, 3.05) is 59.5 Å². The predicted molar refractivity (Wildman–Crippen MR) is 107 cm³/mol. The second-order valence-corrected chi connectivity index (χ2v) is 6.86. The molecule has 0 radical (unpaired) electrons. The van der Waals surface area contributed by atoms with E-state index < -0.39 is 50.1 Å². The minimum atomic E-state index is -1.23. The van der Waals surface area contributed by atoms with Gasteiger partial charge in [-0.1, -0.05) is 13.3 Å². The first-order chi connectivity index (χ1) is 14.0. The average Bonchev–Trinajstić information content (AvgIpc) is 3.01. The van der Waals surface area contributed by atoms with Crippen LogP contribution in [0.2, 0.25) is 0 Å². The van der Waals surface area contributed by atoms with Gasteiger partial charge in [0.2, 0.25) is 0 Å². The summed E-state index contributed by atoms with van der Waals surface area (Å²) in [7, 11) is 2.10. The first kappa shape index (κ1) is 30.8. The Bertz CT molecular complexity index is 537. The third kappa shape index (κ3) is 18.2. The number of carbonyl (C=O) groups is 4. The molecule has 0 spiro atoms. The van der Waals surface area contributed by atoms with Crippen LogP contribution in [-0.2, 0) is 36.2 Å². The Morgan fingerprint density at radius 1 is 0.806 bits per heavy atom. The molecule has 180 valence electrons. The van der Waals surface area contributed by atoms with Crippen molar-refractivity contribution in [1.29, 1.82) is 0 Å². The van der Waals surface area contributed by atoms with Gasteiger partial charge in [-0.15, -0.1) is 0 Å². The van der Waals surface area contributed by atoms with Crippen molar-refractivity contribution in [3.8, 4) is 0 Å². The molecule has 0 saturated heterocycles. The van der Waals surface area contributed by atoms with E-state index in [1.54, 1.807) is 0 Å². The first-order valence-corrected chi connectivity index (χ1v) is 9.48. The van der Waals surface area contributed by atoms with Crippen LogP contribution in [0.25, 0.3) is 0 Å². The minimum absolute atomic E-state index is 0. The SMILES string of the molecule is CCCCN1C=CN(C)C1.O=C(O)CN(CCN(CC(=O)O)CC(=O)O)CC(=O)O.[Fe]. The molecule has 0 aromatic carbocycles. The molecule has 0 aliphatic carbocycles. The number of carboxylic acids is 4. The van der Waals surface area contributed by atoms with Crippen molar-refractivity contribution >= 4 is 23.9 Å². The van der Waals surface area contributed by atoms with Crippen molar-refractivity contribution in [3.63, 3.8) is 0 Å². The Labute approximate surface area is 192 Å². The van der Waals surface area contributed by atoms with Gasteiger partial charge in [-0.05, 0) is 6.42 Å². The summed E-state index contributed by atoms with van der Waals surface area (Å²) in [6.45, 7) is 2.25. The van der Waals surface area contributed by atoms with Gasteiger partial charge < -0.3 is 30.2 Å². The Morgan fingerprint density at radius 2 is 1.19 bits per heavy atom. The molecule has 4 N–H and O–H groups in total. The van der Waals surface area contributed by atoms with Crippen molar-refractivity contribution in [2.24, 2.45) is 0 Å². The summed E-state index contributed by atoms with van der Waals surface area (Å²) in [5.41, 5.74) is 0. The smallest absolute Gasteiger partial charge is 0.317 e. The average molecular weight is 488 g/mol. The fourth-order valence-electron chi connectivity index (χ4n) is 2.57. The first-order valence-electron chi connectivity index (χ1n) is 9.48. The van der Waals surface area contributed by atoms with Crippen molar-refractivity contribution in [3.05, 3.63) is 12.4 Å². The molecular weight excluding hydrogens is 456 g/mol. The molecular formula is C18H32FeN4O8. The van der Waals surface area contributed by atoms with E-state index in [0.717, 1.165) is 16.5 Å². The van der Waals surface area contributed by atoms with Crippen LogP contribution in [0.4, 0.5) is 0 Å². The minimum Gasteiger partial charge on any atom is -0.480 e. The van der Waals surface area contributed by atoms with E-state index in [9.17, 15) is 19.2 Å². The van der Waals surface area contributed by atoms with E-state index in [0.29, 0.717) is 0 Å². The van der Waals surface area contributed by atoms with Crippen LogP contribution in [0.5, 0.6) is 0 Å². The molecule has 0 saturated carbocycles. The maximum Gasteiger partial charge on any atom is 0.317 e. The summed E-state index contributed by atoms with van der Waals surface area (Å²) in [5, 5.41) is 34.5. The zero-order valence-electron chi connectivity index (χ0n) is 17.8. The summed E-state index contributed by atoms with van der Waals surface area (Å²) in [4.78, 5) is 48.9. The molecule has 0 atom stereocenters. The van der Waals surface area contributed by atoms with Gasteiger partial charge in [-0.3, -0.25) is 29.0 Å². The van der Waals surface area contributed by atoms with Gasteiger partial charge in [-0.2, -0.15) is 0 Å². The second kappa shape index (κ2) is 17.4. The molecule has 1 heterocycles. The zero-order chi connectivity index (χ0) is 23.1. The largest absolute Gasteiger partial charge is 0.480 e. The van der Waals surface area contributed by atoms with Crippen LogP contribution in [0, 0.1) is 0 Å². The number of unbranched alkanes of at least 4 members (excludes halogenated alkanes) is 1. The zero-order valence-corrected chi connectivity index (χ0v) is 18.9. The normalized spacial score (nSPS) is 12.4. The summed E-state index contributed by atoms with van der Waals surface area (Å²) >= 11 is 0. The second-order valence-electron chi connectivity index (χ2n) is 6.86. The molecule has 1 aliphatic heterocycles. The van der Waals surface area contributed by atoms with E-state index in [-0.39, 0.29) is 30.2 Å². The number of hydrogen-bond donors (Lipinski definition) is 4. The van der Waals surface area contributed by atoms with Crippen LogP contribution in [0.3, 0.4) is 0 Å². The van der Waals surface area contributed by atoms with Gasteiger partial charge in [0.15, 0.2) is 0 Å². The third-order valence-corrected chi connectivity index (χ3v) is 3.90. The van der Waals surface area contributed by atoms with Gasteiger partial charge >= 0.3 is 23.9 Å². The predicted octanol–water partition coefficient (Wildman–Crippen LogP) is -0.611. The van der Waals surface area contributed by atoms with Gasteiger partial charge in [0.1, 0.15) is 0 Å². The third-order valence-electron chi connectivity index (χ3n) is 3.90. The summed E-state index contributed by atoms with van der Waals surface area (Å²) in [6, 6.07) is 0. The van der Waals surface area contributed by atoms with E-state index >= 15 is 0 Å². The van der Waals surface area contributed by atoms with E-state index in [1.807, 2.05) is 0 Å². The Kier molecular flexibility index (Phi) is 17.3. The fourth-order valence-corrected chi connectivity index (χ4v) is 2.57.